The number of aromatic nitrogens is 1. The monoisotopic (exact) mass is 577 g/mol. The standard InChI is InChI=1S/C31H36FN5O5/c1-34-11-5-8-27(34)26-20-28(25-19-24(40-2)9-10-29(25)41-3)37(33-26)30(38)21-36(13-12-35-14-16-42-17-15-35)31(39)22-6-4-7-23(32)18-22/h4-11,18-19,28H,12-17,20-21H2,1-3H3/t28-/m1/s1. The second-order valence-corrected chi connectivity index (χ2v) is 10.3. The molecule has 0 bridgehead atoms. The summed E-state index contributed by atoms with van der Waals surface area (Å²) in [7, 11) is 5.09. The molecule has 222 valence electrons. The number of methoxy groups -OCH3 is 2. The summed E-state index contributed by atoms with van der Waals surface area (Å²) in [6.45, 7) is 3.33. The number of hydrogen-bond donors (Lipinski definition) is 0. The minimum atomic E-state index is -0.512. The topological polar surface area (TPSA) is 88.8 Å². The van der Waals surface area contributed by atoms with Gasteiger partial charge >= 0.3 is 0 Å². The Balaban J connectivity index is 1.46. The third-order valence-electron chi connectivity index (χ3n) is 7.68. The highest BCUT2D eigenvalue weighted by Gasteiger charge is 2.37. The van der Waals surface area contributed by atoms with Crippen LogP contribution >= 0.6 is 0 Å². The fraction of sp³-hybridized carbons (Fsp3) is 0.387. The third-order valence-corrected chi connectivity index (χ3v) is 7.68. The lowest BCUT2D eigenvalue weighted by atomic mass is 9.99. The Morgan fingerprint density at radius 3 is 2.57 bits per heavy atom. The van der Waals surface area contributed by atoms with Gasteiger partial charge in [0.05, 0.1) is 44.9 Å². The maximum Gasteiger partial charge on any atom is 0.262 e. The second-order valence-electron chi connectivity index (χ2n) is 10.3. The van der Waals surface area contributed by atoms with Crippen LogP contribution in [0.3, 0.4) is 0 Å². The van der Waals surface area contributed by atoms with E-state index in [4.69, 9.17) is 19.3 Å². The van der Waals surface area contributed by atoms with Crippen LogP contribution in [0, 0.1) is 5.82 Å². The van der Waals surface area contributed by atoms with Crippen LogP contribution in [0.2, 0.25) is 0 Å². The summed E-state index contributed by atoms with van der Waals surface area (Å²) in [5.74, 6) is -0.0685. The van der Waals surface area contributed by atoms with Gasteiger partial charge in [-0.15, -0.1) is 0 Å². The molecule has 2 amide bonds. The van der Waals surface area contributed by atoms with Gasteiger partial charge in [-0.25, -0.2) is 9.40 Å². The number of carbonyl (C=O) groups excluding carboxylic acids is 2. The molecular weight excluding hydrogens is 541 g/mol. The lowest BCUT2D eigenvalue weighted by Crippen LogP contribution is -2.46. The molecular formula is C31H36FN5O5. The fourth-order valence-corrected chi connectivity index (χ4v) is 5.38. The molecule has 3 aromatic rings. The zero-order valence-corrected chi connectivity index (χ0v) is 24.2. The first-order valence-electron chi connectivity index (χ1n) is 14.0. The molecule has 1 saturated heterocycles. The lowest BCUT2D eigenvalue weighted by Gasteiger charge is -2.31. The van der Waals surface area contributed by atoms with Gasteiger partial charge in [0.1, 0.15) is 23.9 Å². The molecule has 2 aromatic carbocycles. The molecule has 42 heavy (non-hydrogen) atoms. The van der Waals surface area contributed by atoms with Gasteiger partial charge in [0, 0.05) is 57.0 Å². The van der Waals surface area contributed by atoms with E-state index >= 15 is 0 Å². The van der Waals surface area contributed by atoms with E-state index in [0.717, 1.165) is 30.1 Å². The first kappa shape index (κ1) is 29.3. The van der Waals surface area contributed by atoms with E-state index in [1.807, 2.05) is 36.0 Å². The van der Waals surface area contributed by atoms with Gasteiger partial charge in [0.25, 0.3) is 11.8 Å². The summed E-state index contributed by atoms with van der Waals surface area (Å²) in [4.78, 5) is 31.4. The van der Waals surface area contributed by atoms with Crippen LogP contribution in [0.15, 0.2) is 65.9 Å². The van der Waals surface area contributed by atoms with Gasteiger partial charge in [-0.1, -0.05) is 6.07 Å². The van der Waals surface area contributed by atoms with E-state index in [2.05, 4.69) is 4.90 Å². The molecule has 1 fully saturated rings. The van der Waals surface area contributed by atoms with E-state index < -0.39 is 17.8 Å². The normalized spacial score (nSPS) is 17.2. The molecule has 0 spiro atoms. The van der Waals surface area contributed by atoms with Crippen molar-refractivity contribution in [2.45, 2.75) is 12.5 Å². The van der Waals surface area contributed by atoms with Crippen molar-refractivity contribution in [3.05, 3.63) is 83.4 Å². The van der Waals surface area contributed by atoms with Crippen molar-refractivity contribution in [1.82, 2.24) is 19.4 Å². The number of aryl methyl sites for hydroxylation is 1. The smallest absolute Gasteiger partial charge is 0.262 e. The summed E-state index contributed by atoms with van der Waals surface area (Å²) in [5, 5.41) is 6.23. The van der Waals surface area contributed by atoms with Crippen molar-refractivity contribution < 1.29 is 28.2 Å². The van der Waals surface area contributed by atoms with Crippen molar-refractivity contribution in [2.24, 2.45) is 12.1 Å². The average molecular weight is 578 g/mol. The van der Waals surface area contributed by atoms with Crippen molar-refractivity contribution in [3.8, 4) is 11.5 Å². The molecule has 0 N–H and O–H groups in total. The van der Waals surface area contributed by atoms with Crippen LogP contribution in [0.5, 0.6) is 11.5 Å². The molecule has 0 saturated carbocycles. The Labute approximate surface area is 244 Å². The van der Waals surface area contributed by atoms with Crippen LogP contribution in [-0.4, -0.2) is 97.1 Å². The number of amides is 2. The molecule has 10 nitrogen and oxygen atoms in total. The van der Waals surface area contributed by atoms with Crippen molar-refractivity contribution in [1.29, 1.82) is 0 Å². The number of ether oxygens (including phenoxy) is 3. The van der Waals surface area contributed by atoms with Crippen molar-refractivity contribution >= 4 is 17.5 Å². The van der Waals surface area contributed by atoms with E-state index in [1.54, 1.807) is 32.4 Å². The highest BCUT2D eigenvalue weighted by atomic mass is 19.1. The van der Waals surface area contributed by atoms with Crippen LogP contribution in [-0.2, 0) is 16.6 Å². The maximum absolute atomic E-state index is 14.1. The molecule has 1 aromatic heterocycles. The van der Waals surface area contributed by atoms with Gasteiger partial charge in [-0.2, -0.15) is 5.10 Å². The Kier molecular flexibility index (Phi) is 9.19. The highest BCUT2D eigenvalue weighted by Crippen LogP contribution is 2.39. The van der Waals surface area contributed by atoms with Crippen LogP contribution < -0.4 is 9.47 Å². The number of hydrogen-bond acceptors (Lipinski definition) is 7. The minimum absolute atomic E-state index is 0.185. The molecule has 3 heterocycles. The number of morpholine rings is 1. The van der Waals surface area contributed by atoms with Gasteiger partial charge < -0.3 is 23.7 Å². The predicted molar refractivity (Wildman–Crippen MR) is 155 cm³/mol. The van der Waals surface area contributed by atoms with Gasteiger partial charge in [-0.3, -0.25) is 14.5 Å². The minimum Gasteiger partial charge on any atom is -0.497 e. The largest absolute Gasteiger partial charge is 0.497 e. The van der Waals surface area contributed by atoms with Crippen LogP contribution in [0.25, 0.3) is 0 Å². The number of hydrazone groups is 1. The van der Waals surface area contributed by atoms with Crippen LogP contribution in [0.4, 0.5) is 4.39 Å². The Bertz CT molecular complexity index is 1450. The number of carbonyl (C=O) groups is 2. The van der Waals surface area contributed by atoms with Crippen LogP contribution in [0.1, 0.15) is 34.1 Å². The number of halogens is 1. The van der Waals surface area contributed by atoms with E-state index in [0.29, 0.717) is 37.7 Å². The average Bonchev–Trinajstić information content (AvgIpc) is 3.65. The highest BCUT2D eigenvalue weighted by molar-refractivity contribution is 6.03. The fourth-order valence-electron chi connectivity index (χ4n) is 5.38. The van der Waals surface area contributed by atoms with E-state index in [-0.39, 0.29) is 24.6 Å². The Hall–Kier alpha value is -4.22. The van der Waals surface area contributed by atoms with Crippen molar-refractivity contribution in [3.63, 3.8) is 0 Å². The molecule has 11 heteroatoms. The number of nitrogens with zero attached hydrogens (tertiary/aromatic N) is 5. The molecule has 5 rings (SSSR count). The molecule has 1 atom stereocenters. The van der Waals surface area contributed by atoms with E-state index in [9.17, 15) is 14.0 Å². The number of rotatable bonds is 10. The molecule has 0 unspecified atom stereocenters. The maximum atomic E-state index is 14.1. The van der Waals surface area contributed by atoms with Gasteiger partial charge in [0.15, 0.2) is 0 Å². The van der Waals surface area contributed by atoms with Crippen molar-refractivity contribution in [2.75, 3.05) is 60.2 Å². The summed E-state index contributed by atoms with van der Waals surface area (Å²) in [6, 6.07) is 14.4. The summed E-state index contributed by atoms with van der Waals surface area (Å²) >= 11 is 0. The zero-order chi connectivity index (χ0) is 29.6. The van der Waals surface area contributed by atoms with Gasteiger partial charge in [0.2, 0.25) is 0 Å². The first-order valence-corrected chi connectivity index (χ1v) is 14.0. The Morgan fingerprint density at radius 1 is 1.07 bits per heavy atom. The second kappa shape index (κ2) is 13.2. The molecule has 0 aliphatic carbocycles. The summed E-state index contributed by atoms with van der Waals surface area (Å²) in [6.07, 6.45) is 2.37. The molecule has 2 aliphatic rings. The number of benzene rings is 2. The summed E-state index contributed by atoms with van der Waals surface area (Å²) in [5.41, 5.74) is 2.55. The summed E-state index contributed by atoms with van der Waals surface area (Å²) < 4.78 is 32.6. The van der Waals surface area contributed by atoms with E-state index in [1.165, 1.54) is 28.1 Å². The lowest BCUT2D eigenvalue weighted by molar-refractivity contribution is -0.133. The molecule has 0 radical (unpaired) electrons. The van der Waals surface area contributed by atoms with Gasteiger partial charge in [-0.05, 0) is 48.5 Å². The Morgan fingerprint density at radius 2 is 1.88 bits per heavy atom. The quantitative estimate of drug-likeness (QED) is 0.367. The SMILES string of the molecule is COc1ccc(OC)c([C@H]2CC(c3cccn3C)=NN2C(=O)CN(CCN2CCOCC2)C(=O)c2cccc(F)c2)c1. The zero-order valence-electron chi connectivity index (χ0n) is 24.2. The predicted octanol–water partition coefficient (Wildman–Crippen LogP) is 3.33. The molecule has 2 aliphatic heterocycles. The third kappa shape index (κ3) is 6.47. The first-order chi connectivity index (χ1) is 20.4.